The molecule has 1 unspecified atom stereocenters. The summed E-state index contributed by atoms with van der Waals surface area (Å²) in [6, 6.07) is 7.34. The molecule has 0 aliphatic rings. The van der Waals surface area contributed by atoms with Crippen LogP contribution < -0.4 is 0 Å². The van der Waals surface area contributed by atoms with Crippen LogP contribution in [-0.2, 0) is 6.54 Å². The Labute approximate surface area is 128 Å². The van der Waals surface area contributed by atoms with Crippen molar-refractivity contribution >= 4 is 11.6 Å². The zero-order chi connectivity index (χ0) is 15.4. The van der Waals surface area contributed by atoms with Gasteiger partial charge in [0, 0.05) is 23.7 Å². The molecule has 0 saturated heterocycles. The zero-order valence-electron chi connectivity index (χ0n) is 12.1. The molecule has 21 heavy (non-hydrogen) atoms. The van der Waals surface area contributed by atoms with E-state index in [0.29, 0.717) is 24.0 Å². The molecule has 1 aromatic heterocycles. The van der Waals surface area contributed by atoms with E-state index in [9.17, 15) is 5.11 Å². The van der Waals surface area contributed by atoms with Crippen LogP contribution in [0.4, 0.5) is 0 Å². The molecule has 0 bridgehead atoms. The lowest BCUT2D eigenvalue weighted by molar-refractivity contribution is 0.0644. The minimum atomic E-state index is -0.755. The van der Waals surface area contributed by atoms with E-state index in [2.05, 4.69) is 4.98 Å². The summed E-state index contributed by atoms with van der Waals surface area (Å²) in [5.74, 6) is 1.26. The van der Waals surface area contributed by atoms with Crippen LogP contribution in [0.1, 0.15) is 11.5 Å². The Hall–Kier alpha value is -1.40. The largest absolute Gasteiger partial charge is 0.441 e. The maximum Gasteiger partial charge on any atom is 0.226 e. The molecule has 1 heterocycles. The number of nitrogens with zero attached hydrogens (tertiary/aromatic N) is 2. The Bertz CT molecular complexity index is 600. The Kier molecular flexibility index (Phi) is 5.36. The molecular weight excluding hydrogens is 292 g/mol. The van der Waals surface area contributed by atoms with Gasteiger partial charge in [-0.1, -0.05) is 17.7 Å². The van der Waals surface area contributed by atoms with Crippen molar-refractivity contribution < 1.29 is 14.6 Å². The first-order valence-electron chi connectivity index (χ1n) is 6.69. The number of aliphatic hydroxyl groups is 2. The number of benzene rings is 1. The lowest BCUT2D eigenvalue weighted by Gasteiger charge is -2.18. The summed E-state index contributed by atoms with van der Waals surface area (Å²) < 4.78 is 5.68. The van der Waals surface area contributed by atoms with E-state index in [1.807, 2.05) is 31.0 Å². The van der Waals surface area contributed by atoms with Gasteiger partial charge < -0.3 is 14.6 Å². The van der Waals surface area contributed by atoms with Gasteiger partial charge >= 0.3 is 0 Å². The van der Waals surface area contributed by atoms with E-state index in [0.717, 1.165) is 17.0 Å². The molecule has 0 aliphatic carbocycles. The molecule has 1 atom stereocenters. The molecular formula is C15H19ClN2O3. The van der Waals surface area contributed by atoms with Gasteiger partial charge in [-0.3, -0.25) is 4.90 Å². The fourth-order valence-electron chi connectivity index (χ4n) is 2.06. The second-order valence-electron chi connectivity index (χ2n) is 5.07. The number of hydrogen-bond donors (Lipinski definition) is 2. The van der Waals surface area contributed by atoms with Crippen molar-refractivity contribution in [1.82, 2.24) is 9.88 Å². The first-order valence-corrected chi connectivity index (χ1v) is 7.07. The summed E-state index contributed by atoms with van der Waals surface area (Å²) in [6.07, 6.45) is -0.755. The maximum absolute atomic E-state index is 9.44. The number of oxazole rings is 1. The summed E-state index contributed by atoms with van der Waals surface area (Å²) >= 11 is 5.97. The summed E-state index contributed by atoms with van der Waals surface area (Å²) in [5.41, 5.74) is 1.63. The Morgan fingerprint density at radius 1 is 1.43 bits per heavy atom. The highest BCUT2D eigenvalue weighted by Crippen LogP contribution is 2.24. The lowest BCUT2D eigenvalue weighted by Crippen LogP contribution is -2.31. The molecule has 1 aromatic carbocycles. The van der Waals surface area contributed by atoms with E-state index in [4.69, 9.17) is 21.1 Å². The minimum Gasteiger partial charge on any atom is -0.441 e. The minimum absolute atomic E-state index is 0.254. The predicted octanol–water partition coefficient (Wildman–Crippen LogP) is 2.09. The highest BCUT2D eigenvalue weighted by molar-refractivity contribution is 6.30. The second kappa shape index (κ2) is 7.04. The number of halogens is 1. The van der Waals surface area contributed by atoms with Gasteiger partial charge in [0.25, 0.3) is 0 Å². The van der Waals surface area contributed by atoms with Crippen LogP contribution in [0.15, 0.2) is 28.7 Å². The van der Waals surface area contributed by atoms with Gasteiger partial charge in [-0.15, -0.1) is 0 Å². The first kappa shape index (κ1) is 16.0. The molecule has 114 valence electrons. The quantitative estimate of drug-likeness (QED) is 0.855. The number of aryl methyl sites for hydroxylation is 1. The van der Waals surface area contributed by atoms with E-state index >= 15 is 0 Å². The molecule has 6 heteroatoms. The molecule has 0 amide bonds. The van der Waals surface area contributed by atoms with Crippen LogP contribution in [0.3, 0.4) is 0 Å². The number of hydrogen-bond acceptors (Lipinski definition) is 5. The molecule has 2 N–H and O–H groups in total. The lowest BCUT2D eigenvalue weighted by atomic mass is 10.2. The summed E-state index contributed by atoms with van der Waals surface area (Å²) in [6.45, 7) is 2.50. The van der Waals surface area contributed by atoms with Crippen LogP contribution in [0.5, 0.6) is 0 Å². The summed E-state index contributed by atoms with van der Waals surface area (Å²) in [7, 11) is 1.85. The molecule has 0 fully saturated rings. The highest BCUT2D eigenvalue weighted by atomic mass is 35.5. The second-order valence-corrected chi connectivity index (χ2v) is 5.50. The molecule has 2 aromatic rings. The van der Waals surface area contributed by atoms with Crippen molar-refractivity contribution in [2.24, 2.45) is 0 Å². The van der Waals surface area contributed by atoms with Crippen molar-refractivity contribution in [2.45, 2.75) is 19.6 Å². The van der Waals surface area contributed by atoms with Crippen molar-refractivity contribution in [1.29, 1.82) is 0 Å². The van der Waals surface area contributed by atoms with Gasteiger partial charge in [-0.05, 0) is 32.2 Å². The van der Waals surface area contributed by atoms with Gasteiger partial charge in [0.1, 0.15) is 5.76 Å². The number of aliphatic hydroxyl groups excluding tert-OH is 2. The Morgan fingerprint density at radius 3 is 2.86 bits per heavy atom. The normalized spacial score (nSPS) is 12.9. The van der Waals surface area contributed by atoms with Crippen LogP contribution in [0, 0.1) is 6.92 Å². The van der Waals surface area contributed by atoms with Crippen LogP contribution >= 0.6 is 11.6 Å². The highest BCUT2D eigenvalue weighted by Gasteiger charge is 2.15. The fraction of sp³-hybridized carbons (Fsp3) is 0.400. The third-order valence-corrected chi connectivity index (χ3v) is 3.35. The molecule has 0 saturated carbocycles. The fourth-order valence-corrected chi connectivity index (χ4v) is 2.25. The van der Waals surface area contributed by atoms with E-state index in [-0.39, 0.29) is 6.61 Å². The average molecular weight is 311 g/mol. The molecule has 0 radical (unpaired) electrons. The van der Waals surface area contributed by atoms with Gasteiger partial charge in [0.2, 0.25) is 5.89 Å². The Morgan fingerprint density at radius 2 is 2.19 bits per heavy atom. The van der Waals surface area contributed by atoms with Gasteiger partial charge in [-0.2, -0.15) is 0 Å². The van der Waals surface area contributed by atoms with Crippen LogP contribution in [0.2, 0.25) is 5.02 Å². The Balaban J connectivity index is 2.12. The van der Waals surface area contributed by atoms with E-state index in [1.54, 1.807) is 12.1 Å². The summed E-state index contributed by atoms with van der Waals surface area (Å²) in [4.78, 5) is 6.37. The topological polar surface area (TPSA) is 69.7 Å². The van der Waals surface area contributed by atoms with E-state index in [1.165, 1.54) is 0 Å². The standard InChI is InChI=1S/C15H19ClN2O3/c1-10-14(8-18(2)7-13(20)9-19)17-15(21-10)11-4-3-5-12(16)6-11/h3-6,13,19-20H,7-9H2,1-2H3. The number of aromatic nitrogens is 1. The third-order valence-electron chi connectivity index (χ3n) is 3.12. The van der Waals surface area contributed by atoms with Crippen LogP contribution in [0.25, 0.3) is 11.5 Å². The molecule has 5 nitrogen and oxygen atoms in total. The zero-order valence-corrected chi connectivity index (χ0v) is 12.8. The van der Waals surface area contributed by atoms with Gasteiger partial charge in [0.15, 0.2) is 0 Å². The first-order chi connectivity index (χ1) is 9.99. The van der Waals surface area contributed by atoms with Crippen molar-refractivity contribution in [3.8, 4) is 11.5 Å². The number of likely N-dealkylation sites (N-methyl/N-ethyl adjacent to an activating group) is 1. The predicted molar refractivity (Wildman–Crippen MR) is 81.1 cm³/mol. The van der Waals surface area contributed by atoms with Crippen LogP contribution in [-0.4, -0.2) is 46.4 Å². The van der Waals surface area contributed by atoms with Crippen molar-refractivity contribution in [3.63, 3.8) is 0 Å². The average Bonchev–Trinajstić information content (AvgIpc) is 2.80. The third kappa shape index (κ3) is 4.28. The monoisotopic (exact) mass is 310 g/mol. The molecule has 0 aliphatic heterocycles. The van der Waals surface area contributed by atoms with Crippen molar-refractivity contribution in [2.75, 3.05) is 20.2 Å². The summed E-state index contributed by atoms with van der Waals surface area (Å²) in [5, 5.41) is 18.9. The maximum atomic E-state index is 9.44. The smallest absolute Gasteiger partial charge is 0.226 e. The van der Waals surface area contributed by atoms with Gasteiger partial charge in [-0.25, -0.2) is 4.98 Å². The molecule has 0 spiro atoms. The van der Waals surface area contributed by atoms with E-state index < -0.39 is 6.10 Å². The van der Waals surface area contributed by atoms with Crippen molar-refractivity contribution in [3.05, 3.63) is 40.7 Å². The number of rotatable bonds is 6. The van der Waals surface area contributed by atoms with Gasteiger partial charge in [0.05, 0.1) is 18.4 Å². The SMILES string of the molecule is Cc1oc(-c2cccc(Cl)c2)nc1CN(C)CC(O)CO. The molecule has 2 rings (SSSR count).